The van der Waals surface area contributed by atoms with Gasteiger partial charge in [0, 0.05) is 11.9 Å². The highest BCUT2D eigenvalue weighted by molar-refractivity contribution is 7.09. The third kappa shape index (κ3) is 3.45. The van der Waals surface area contributed by atoms with Gasteiger partial charge in [-0.1, -0.05) is 0 Å². The molecular formula is C13H18N6OS. The van der Waals surface area contributed by atoms with Crippen LogP contribution in [-0.4, -0.2) is 38.7 Å². The van der Waals surface area contributed by atoms with Gasteiger partial charge in [0.25, 0.3) is 5.91 Å². The van der Waals surface area contributed by atoms with E-state index in [1.807, 2.05) is 12.3 Å². The van der Waals surface area contributed by atoms with Gasteiger partial charge in [0.2, 0.25) is 5.82 Å². The van der Waals surface area contributed by atoms with E-state index < -0.39 is 0 Å². The van der Waals surface area contributed by atoms with Gasteiger partial charge in [0.05, 0.1) is 23.3 Å². The fraction of sp³-hybridized carbons (Fsp3) is 0.538. The minimum Gasteiger partial charge on any atom is -0.344 e. The summed E-state index contributed by atoms with van der Waals surface area (Å²) in [5, 5.41) is 13.3. The number of hydrogen-bond donors (Lipinski definition) is 2. The van der Waals surface area contributed by atoms with E-state index in [4.69, 9.17) is 0 Å². The van der Waals surface area contributed by atoms with E-state index >= 15 is 0 Å². The average Bonchev–Trinajstić information content (AvgIpc) is 3.15. The molecule has 112 valence electrons. The van der Waals surface area contributed by atoms with Crippen LogP contribution in [-0.2, 0) is 6.54 Å². The van der Waals surface area contributed by atoms with Gasteiger partial charge in [-0.3, -0.25) is 4.79 Å². The second-order valence-corrected chi connectivity index (χ2v) is 6.15. The van der Waals surface area contributed by atoms with Crippen molar-refractivity contribution < 1.29 is 4.79 Å². The molecule has 1 atom stereocenters. The molecule has 0 aliphatic carbocycles. The van der Waals surface area contributed by atoms with E-state index in [0.29, 0.717) is 6.54 Å². The second kappa shape index (κ2) is 6.31. The first-order valence-corrected chi connectivity index (χ1v) is 7.91. The molecular weight excluding hydrogens is 288 g/mol. The molecule has 7 nitrogen and oxygen atoms in total. The summed E-state index contributed by atoms with van der Waals surface area (Å²) in [6.07, 6.45) is 3.82. The van der Waals surface area contributed by atoms with Crippen molar-refractivity contribution in [3.63, 3.8) is 0 Å². The Hall–Kier alpha value is -1.80. The van der Waals surface area contributed by atoms with Crippen LogP contribution in [0.15, 0.2) is 11.7 Å². The summed E-state index contributed by atoms with van der Waals surface area (Å²) in [7, 11) is 0. The zero-order valence-electron chi connectivity index (χ0n) is 11.9. The van der Waals surface area contributed by atoms with Gasteiger partial charge in [-0.15, -0.1) is 16.4 Å². The summed E-state index contributed by atoms with van der Waals surface area (Å²) in [4.78, 5) is 20.4. The van der Waals surface area contributed by atoms with Crippen LogP contribution in [0.3, 0.4) is 0 Å². The fourth-order valence-electron chi connectivity index (χ4n) is 2.35. The zero-order chi connectivity index (χ0) is 14.7. The number of amides is 1. The van der Waals surface area contributed by atoms with Crippen LogP contribution in [0.4, 0.5) is 0 Å². The molecule has 8 heteroatoms. The van der Waals surface area contributed by atoms with E-state index in [0.717, 1.165) is 36.6 Å². The quantitative estimate of drug-likeness (QED) is 0.876. The standard InChI is InChI=1S/C13H18N6OS/c1-9-17-10(7-21-9)5-15-13(20)12-16-8-19(18-12)11-3-2-4-14-6-11/h7-8,11,14H,2-6H2,1H3,(H,15,20). The maximum Gasteiger partial charge on any atom is 0.291 e. The molecule has 0 spiro atoms. The first kappa shape index (κ1) is 14.2. The van der Waals surface area contributed by atoms with Crippen molar-refractivity contribution in [3.05, 3.63) is 28.2 Å². The number of piperidine rings is 1. The predicted octanol–water partition coefficient (Wildman–Crippen LogP) is 0.898. The molecule has 1 aliphatic heterocycles. The maximum atomic E-state index is 12.0. The van der Waals surface area contributed by atoms with Crippen molar-refractivity contribution in [3.8, 4) is 0 Å². The van der Waals surface area contributed by atoms with Crippen LogP contribution in [0, 0.1) is 6.92 Å². The summed E-state index contributed by atoms with van der Waals surface area (Å²) in [6.45, 7) is 4.27. The Morgan fingerprint density at radius 1 is 1.62 bits per heavy atom. The molecule has 21 heavy (non-hydrogen) atoms. The van der Waals surface area contributed by atoms with Crippen molar-refractivity contribution in [1.29, 1.82) is 0 Å². The molecule has 1 amide bonds. The Labute approximate surface area is 126 Å². The highest BCUT2D eigenvalue weighted by atomic mass is 32.1. The summed E-state index contributed by atoms with van der Waals surface area (Å²) in [6, 6.07) is 0.286. The number of aryl methyl sites for hydroxylation is 1. The minimum absolute atomic E-state index is 0.215. The number of nitrogens with zero attached hydrogens (tertiary/aromatic N) is 4. The number of carbonyl (C=O) groups is 1. The average molecular weight is 306 g/mol. The maximum absolute atomic E-state index is 12.0. The zero-order valence-corrected chi connectivity index (χ0v) is 12.7. The van der Waals surface area contributed by atoms with Gasteiger partial charge in [0.15, 0.2) is 0 Å². The molecule has 0 aromatic carbocycles. The highest BCUT2D eigenvalue weighted by Gasteiger charge is 2.18. The molecule has 1 saturated heterocycles. The predicted molar refractivity (Wildman–Crippen MR) is 79.2 cm³/mol. The molecule has 3 heterocycles. The Morgan fingerprint density at radius 3 is 3.24 bits per heavy atom. The molecule has 1 aliphatic rings. The number of aromatic nitrogens is 4. The van der Waals surface area contributed by atoms with Crippen molar-refractivity contribution >= 4 is 17.2 Å². The van der Waals surface area contributed by atoms with E-state index in [1.165, 1.54) is 0 Å². The number of thiazole rings is 1. The fourth-order valence-corrected chi connectivity index (χ4v) is 2.97. The highest BCUT2D eigenvalue weighted by Crippen LogP contribution is 2.14. The van der Waals surface area contributed by atoms with Gasteiger partial charge in [-0.2, -0.15) is 0 Å². The smallest absolute Gasteiger partial charge is 0.291 e. The van der Waals surface area contributed by atoms with E-state index in [2.05, 4.69) is 25.7 Å². The molecule has 2 aromatic heterocycles. The molecule has 0 saturated carbocycles. The lowest BCUT2D eigenvalue weighted by molar-refractivity contribution is 0.0939. The van der Waals surface area contributed by atoms with Gasteiger partial charge in [0.1, 0.15) is 6.33 Å². The number of rotatable bonds is 4. The van der Waals surface area contributed by atoms with Crippen LogP contribution in [0.1, 0.15) is 40.2 Å². The third-order valence-electron chi connectivity index (χ3n) is 3.45. The van der Waals surface area contributed by atoms with Gasteiger partial charge in [-0.25, -0.2) is 14.6 Å². The Kier molecular flexibility index (Phi) is 4.26. The summed E-state index contributed by atoms with van der Waals surface area (Å²) in [5.74, 6) is -0.0457. The van der Waals surface area contributed by atoms with E-state index in [-0.39, 0.29) is 17.8 Å². The minimum atomic E-state index is -0.261. The third-order valence-corrected chi connectivity index (χ3v) is 4.28. The van der Waals surface area contributed by atoms with Crippen LogP contribution in [0.2, 0.25) is 0 Å². The molecule has 1 unspecified atom stereocenters. The Morgan fingerprint density at radius 2 is 2.52 bits per heavy atom. The summed E-state index contributed by atoms with van der Waals surface area (Å²) < 4.78 is 1.79. The van der Waals surface area contributed by atoms with Crippen molar-refractivity contribution in [2.75, 3.05) is 13.1 Å². The van der Waals surface area contributed by atoms with E-state index in [1.54, 1.807) is 22.3 Å². The van der Waals surface area contributed by atoms with Crippen LogP contribution < -0.4 is 10.6 Å². The molecule has 0 bridgehead atoms. The Balaban J connectivity index is 1.58. The van der Waals surface area contributed by atoms with Crippen LogP contribution >= 0.6 is 11.3 Å². The SMILES string of the molecule is Cc1nc(CNC(=O)c2ncn(C3CCCNC3)n2)cs1. The first-order valence-electron chi connectivity index (χ1n) is 7.03. The van der Waals surface area contributed by atoms with Crippen LogP contribution in [0.25, 0.3) is 0 Å². The monoisotopic (exact) mass is 306 g/mol. The molecule has 3 rings (SSSR count). The molecule has 2 N–H and O–H groups in total. The van der Waals surface area contributed by atoms with Gasteiger partial charge >= 0.3 is 0 Å². The van der Waals surface area contributed by atoms with E-state index in [9.17, 15) is 4.79 Å². The lowest BCUT2D eigenvalue weighted by Gasteiger charge is -2.22. The lowest BCUT2D eigenvalue weighted by atomic mass is 10.1. The topological polar surface area (TPSA) is 84.7 Å². The number of carbonyl (C=O) groups excluding carboxylic acids is 1. The molecule has 1 fully saturated rings. The Bertz CT molecular complexity index is 616. The van der Waals surface area contributed by atoms with Gasteiger partial charge < -0.3 is 10.6 Å². The van der Waals surface area contributed by atoms with Crippen molar-refractivity contribution in [1.82, 2.24) is 30.4 Å². The lowest BCUT2D eigenvalue weighted by Crippen LogP contribution is -2.32. The normalized spacial score (nSPS) is 18.6. The molecule has 0 radical (unpaired) electrons. The van der Waals surface area contributed by atoms with Crippen molar-refractivity contribution in [2.45, 2.75) is 32.4 Å². The largest absolute Gasteiger partial charge is 0.344 e. The first-order chi connectivity index (χ1) is 10.2. The number of nitrogens with one attached hydrogen (secondary N) is 2. The van der Waals surface area contributed by atoms with Gasteiger partial charge in [-0.05, 0) is 26.3 Å². The molecule has 2 aromatic rings. The number of hydrogen-bond acceptors (Lipinski definition) is 6. The second-order valence-electron chi connectivity index (χ2n) is 5.09. The summed E-state index contributed by atoms with van der Waals surface area (Å²) in [5.41, 5.74) is 0.863. The van der Waals surface area contributed by atoms with Crippen LogP contribution in [0.5, 0.6) is 0 Å². The van der Waals surface area contributed by atoms with Crippen molar-refractivity contribution in [2.24, 2.45) is 0 Å². The summed E-state index contributed by atoms with van der Waals surface area (Å²) >= 11 is 1.57.